The second-order valence-corrected chi connectivity index (χ2v) is 2.30. The zero-order valence-electron chi connectivity index (χ0n) is 6.34. The Balaban J connectivity index is 0. The fraction of sp³-hybridized carbons (Fsp3) is 0. The van der Waals surface area contributed by atoms with Gasteiger partial charge in [-0.1, -0.05) is 23.7 Å². The molecule has 0 unspecified atom stereocenters. The monoisotopic (exact) mass is 399 g/mol. The second-order valence-electron chi connectivity index (χ2n) is 1.89. The van der Waals surface area contributed by atoms with Gasteiger partial charge in [-0.15, -0.1) is 0 Å². The first-order chi connectivity index (χ1) is 4.72. The third kappa shape index (κ3) is 3.86. The molecule has 63 valence electrons. The van der Waals surface area contributed by atoms with Crippen molar-refractivity contribution in [2.24, 2.45) is 5.73 Å². The van der Waals surface area contributed by atoms with Crippen molar-refractivity contribution in [3.63, 3.8) is 0 Å². The number of amidine groups is 1. The number of nitrogen functional groups attached to an aromatic ring is 1. The van der Waals surface area contributed by atoms with Gasteiger partial charge in [-0.05, 0) is 12.1 Å². The van der Waals surface area contributed by atoms with Gasteiger partial charge in [-0.2, -0.15) is 0 Å². The summed E-state index contributed by atoms with van der Waals surface area (Å²) in [6.07, 6.45) is 0. The molecule has 0 aliphatic heterocycles. The molecule has 0 aliphatic rings. The van der Waals surface area contributed by atoms with Gasteiger partial charge in [0.1, 0.15) is 5.84 Å². The van der Waals surface area contributed by atoms with Crippen LogP contribution < -0.4 is 5.73 Å². The Morgan fingerprint density at radius 3 is 2.17 bits per heavy atom. The summed E-state index contributed by atoms with van der Waals surface area (Å²) in [5.74, 6) is 0.00519. The Bertz CT molecular complexity index is 267. The molecule has 0 aliphatic carbocycles. The maximum absolute atomic E-state index is 7.07. The van der Waals surface area contributed by atoms with Crippen LogP contribution in [0.4, 0.5) is 0 Å². The van der Waals surface area contributed by atoms with E-state index in [-0.39, 0.29) is 55.4 Å². The maximum Gasteiger partial charge on any atom is 0.124 e. The van der Waals surface area contributed by atoms with E-state index in [4.69, 9.17) is 22.7 Å². The van der Waals surface area contributed by atoms with Crippen LogP contribution in [0.15, 0.2) is 24.3 Å². The van der Waals surface area contributed by atoms with Crippen molar-refractivity contribution >= 4 is 17.4 Å². The van der Waals surface area contributed by atoms with Gasteiger partial charge in [0.15, 0.2) is 0 Å². The summed E-state index contributed by atoms with van der Waals surface area (Å²) in [5.41, 5.74) is 5.80. The van der Waals surface area contributed by atoms with E-state index >= 15 is 0 Å². The minimum absolute atomic E-state index is 0. The predicted molar refractivity (Wildman–Crippen MR) is 46.1 cm³/mol. The van der Waals surface area contributed by atoms with Crippen LogP contribution in [-0.2, 0) is 0 Å². The van der Waals surface area contributed by atoms with Crippen molar-refractivity contribution in [1.29, 1.82) is 5.41 Å². The fourth-order valence-corrected chi connectivity index (χ4v) is 0.917. The molecule has 1 aromatic rings. The SMILES string of the molecule is N=C(N)c1ccccc1Cl.O.[Ac]. The Morgan fingerprint density at radius 2 is 1.83 bits per heavy atom. The third-order valence-electron chi connectivity index (χ3n) is 1.16. The molecule has 1 aromatic carbocycles. The summed E-state index contributed by atoms with van der Waals surface area (Å²) in [7, 11) is 0. The zero-order valence-corrected chi connectivity index (χ0v) is 11.8. The smallest absolute Gasteiger partial charge is 0.124 e. The molecule has 5 heteroatoms. The average Bonchev–Trinajstić information content (AvgIpc) is 1.88. The van der Waals surface area contributed by atoms with Crippen LogP contribution in [0.3, 0.4) is 0 Å². The normalized spacial score (nSPS) is 7.75. The summed E-state index contributed by atoms with van der Waals surface area (Å²) >= 11 is 5.70. The Labute approximate surface area is 112 Å². The van der Waals surface area contributed by atoms with Gasteiger partial charge in [0, 0.05) is 49.6 Å². The molecule has 0 amide bonds. The molecule has 0 bridgehead atoms. The second kappa shape index (κ2) is 6.85. The van der Waals surface area contributed by atoms with E-state index in [1.165, 1.54) is 0 Å². The fourth-order valence-electron chi connectivity index (χ4n) is 0.680. The molecule has 0 spiro atoms. The van der Waals surface area contributed by atoms with Crippen LogP contribution >= 0.6 is 11.6 Å². The first kappa shape index (κ1) is 14.9. The first-order valence-electron chi connectivity index (χ1n) is 2.81. The molecular weight excluding hydrogens is 391 g/mol. The summed E-state index contributed by atoms with van der Waals surface area (Å²) in [5, 5.41) is 7.59. The van der Waals surface area contributed by atoms with Crippen molar-refractivity contribution < 1.29 is 49.5 Å². The van der Waals surface area contributed by atoms with Crippen LogP contribution in [0, 0.1) is 49.5 Å². The van der Waals surface area contributed by atoms with Gasteiger partial charge in [0.25, 0.3) is 0 Å². The number of nitrogens with two attached hydrogens (primary N) is 1. The van der Waals surface area contributed by atoms with Gasteiger partial charge in [0.2, 0.25) is 0 Å². The number of hydrogen-bond acceptors (Lipinski definition) is 1. The van der Waals surface area contributed by atoms with Crippen LogP contribution in [0.25, 0.3) is 0 Å². The Kier molecular flexibility index (Phi) is 8.50. The summed E-state index contributed by atoms with van der Waals surface area (Å²) in [6, 6.07) is 7.01. The van der Waals surface area contributed by atoms with E-state index in [2.05, 4.69) is 0 Å². The van der Waals surface area contributed by atoms with Crippen LogP contribution in [0.2, 0.25) is 5.02 Å². The predicted octanol–water partition coefficient (Wildman–Crippen LogP) is 0.799. The van der Waals surface area contributed by atoms with Gasteiger partial charge in [-0.3, -0.25) is 5.41 Å². The number of benzene rings is 1. The third-order valence-corrected chi connectivity index (χ3v) is 1.49. The topological polar surface area (TPSA) is 81.4 Å². The molecule has 5 N–H and O–H groups in total. The van der Waals surface area contributed by atoms with Crippen molar-refractivity contribution in [3.05, 3.63) is 34.9 Å². The van der Waals surface area contributed by atoms with Crippen molar-refractivity contribution in [2.45, 2.75) is 0 Å². The van der Waals surface area contributed by atoms with E-state index in [0.717, 1.165) is 0 Å². The quantitative estimate of drug-likeness (QED) is 0.531. The number of nitrogens with one attached hydrogen (secondary N) is 1. The first-order valence-corrected chi connectivity index (χ1v) is 3.18. The van der Waals surface area contributed by atoms with E-state index < -0.39 is 0 Å². The van der Waals surface area contributed by atoms with Gasteiger partial charge in [0.05, 0.1) is 5.02 Å². The molecule has 0 heterocycles. The van der Waals surface area contributed by atoms with E-state index in [1.807, 2.05) is 0 Å². The van der Waals surface area contributed by atoms with Crippen LogP contribution in [0.5, 0.6) is 0 Å². The zero-order chi connectivity index (χ0) is 7.56. The minimum Gasteiger partial charge on any atom is -0.412 e. The van der Waals surface area contributed by atoms with E-state index in [1.54, 1.807) is 24.3 Å². The minimum atomic E-state index is 0. The number of rotatable bonds is 1. The van der Waals surface area contributed by atoms with Gasteiger partial charge >= 0.3 is 0 Å². The molecule has 1 rings (SSSR count). The molecule has 0 saturated carbocycles. The summed E-state index contributed by atoms with van der Waals surface area (Å²) in [6.45, 7) is 0. The van der Waals surface area contributed by atoms with E-state index in [9.17, 15) is 0 Å². The van der Waals surface area contributed by atoms with Crippen molar-refractivity contribution in [3.8, 4) is 0 Å². The maximum atomic E-state index is 7.07. The number of hydrogen-bond donors (Lipinski definition) is 2. The van der Waals surface area contributed by atoms with Crippen LogP contribution in [0.1, 0.15) is 5.56 Å². The molecule has 1 radical (unpaired) electrons. The summed E-state index contributed by atoms with van der Waals surface area (Å²) < 4.78 is 0. The average molecular weight is 400 g/mol. The molecule has 0 saturated heterocycles. The van der Waals surface area contributed by atoms with Gasteiger partial charge in [-0.25, -0.2) is 0 Å². The number of halogens is 1. The van der Waals surface area contributed by atoms with E-state index in [0.29, 0.717) is 10.6 Å². The molecule has 0 atom stereocenters. The van der Waals surface area contributed by atoms with Crippen molar-refractivity contribution in [2.75, 3.05) is 0 Å². The van der Waals surface area contributed by atoms with Crippen LogP contribution in [-0.4, -0.2) is 11.3 Å². The molecular formula is C7H9AcClN2O. The van der Waals surface area contributed by atoms with Crippen molar-refractivity contribution in [1.82, 2.24) is 0 Å². The molecule has 0 aromatic heterocycles. The molecule has 3 nitrogen and oxygen atoms in total. The Hall–Kier alpha value is 0.382. The Morgan fingerprint density at radius 1 is 1.33 bits per heavy atom. The molecule has 0 fully saturated rings. The molecule has 12 heavy (non-hydrogen) atoms. The van der Waals surface area contributed by atoms with Gasteiger partial charge < -0.3 is 11.2 Å². The standard InChI is InChI=1S/C7H7ClN2.Ac.H2O/c8-6-4-2-1-3-5(6)7(9)10;;/h1-4H,(H3,9,10);;1H2. The summed E-state index contributed by atoms with van der Waals surface area (Å²) in [4.78, 5) is 0. The largest absolute Gasteiger partial charge is 0.412 e.